The molecule has 1 aliphatic rings. The van der Waals surface area contributed by atoms with E-state index in [0.29, 0.717) is 32.0 Å². The molecule has 3 rings (SSSR count). The van der Waals surface area contributed by atoms with Crippen molar-refractivity contribution in [3.63, 3.8) is 0 Å². The number of para-hydroxylation sites is 1. The maximum atomic E-state index is 13.6. The number of ether oxygens (including phenoxy) is 2. The first kappa shape index (κ1) is 20.9. The molecule has 0 saturated carbocycles. The van der Waals surface area contributed by atoms with Crippen molar-refractivity contribution < 1.29 is 23.6 Å². The molecule has 5 nitrogen and oxygen atoms in total. The highest BCUT2D eigenvalue weighted by atomic mass is 19.1. The van der Waals surface area contributed by atoms with E-state index in [1.807, 2.05) is 42.2 Å². The molecule has 1 fully saturated rings. The monoisotopic (exact) mass is 399 g/mol. The predicted molar refractivity (Wildman–Crippen MR) is 111 cm³/mol. The van der Waals surface area contributed by atoms with E-state index < -0.39 is 0 Å². The minimum atomic E-state index is -0.258. The van der Waals surface area contributed by atoms with Crippen LogP contribution in [0.15, 0.2) is 48.5 Å². The molecule has 6 heteroatoms. The molecule has 0 radical (unpaired) electrons. The van der Waals surface area contributed by atoms with E-state index in [2.05, 4.69) is 0 Å². The largest absolute Gasteiger partial charge is 0.496 e. The zero-order valence-corrected chi connectivity index (χ0v) is 17.0. The second-order valence-corrected chi connectivity index (χ2v) is 7.01. The summed E-state index contributed by atoms with van der Waals surface area (Å²) in [5.41, 5.74) is 1.75. The van der Waals surface area contributed by atoms with Crippen molar-refractivity contribution in [3.8, 4) is 11.5 Å². The minimum absolute atomic E-state index is 0.00122. The second-order valence-electron chi connectivity index (χ2n) is 7.01. The lowest BCUT2D eigenvalue weighted by Crippen LogP contribution is -3.13. The number of amides is 1. The summed E-state index contributed by atoms with van der Waals surface area (Å²) >= 11 is 0. The Morgan fingerprint density at radius 3 is 2.66 bits per heavy atom. The maximum absolute atomic E-state index is 13.6. The van der Waals surface area contributed by atoms with Crippen LogP contribution >= 0.6 is 0 Å². The van der Waals surface area contributed by atoms with Gasteiger partial charge >= 0.3 is 0 Å². The summed E-state index contributed by atoms with van der Waals surface area (Å²) in [6, 6.07) is 12.3. The smallest absolute Gasteiger partial charge is 0.246 e. The topological polar surface area (TPSA) is 43.2 Å². The Hall–Kier alpha value is -2.86. The van der Waals surface area contributed by atoms with Crippen LogP contribution in [0.3, 0.4) is 0 Å². The Labute approximate surface area is 171 Å². The van der Waals surface area contributed by atoms with Gasteiger partial charge in [0, 0.05) is 11.6 Å². The van der Waals surface area contributed by atoms with Crippen molar-refractivity contribution in [3.05, 3.63) is 65.5 Å². The van der Waals surface area contributed by atoms with Gasteiger partial charge in [0.1, 0.15) is 23.9 Å². The summed E-state index contributed by atoms with van der Waals surface area (Å²) in [6.07, 6.45) is 3.42. The number of nitrogens with one attached hydrogen (secondary N) is 1. The molecule has 1 aliphatic heterocycles. The Morgan fingerprint density at radius 2 is 1.93 bits per heavy atom. The van der Waals surface area contributed by atoms with Crippen LogP contribution in [0.25, 0.3) is 6.08 Å². The molecule has 0 atom stereocenters. The van der Waals surface area contributed by atoms with Gasteiger partial charge < -0.3 is 19.3 Å². The van der Waals surface area contributed by atoms with E-state index in [1.165, 1.54) is 17.0 Å². The number of piperazine rings is 1. The molecule has 0 bridgehead atoms. The Balaban J connectivity index is 1.55. The average Bonchev–Trinajstić information content (AvgIpc) is 2.74. The number of nitrogens with zero attached hydrogens (tertiary/aromatic N) is 1. The average molecular weight is 399 g/mol. The van der Waals surface area contributed by atoms with Gasteiger partial charge in [0.25, 0.3) is 0 Å². The highest BCUT2D eigenvalue weighted by Crippen LogP contribution is 2.20. The third-order valence-corrected chi connectivity index (χ3v) is 5.09. The molecule has 29 heavy (non-hydrogen) atoms. The van der Waals surface area contributed by atoms with Gasteiger partial charge in [-0.05, 0) is 37.3 Å². The molecule has 1 heterocycles. The lowest BCUT2D eigenvalue weighted by atomic mass is 10.1. The van der Waals surface area contributed by atoms with E-state index in [9.17, 15) is 9.18 Å². The molecule has 0 aromatic heterocycles. The number of carbonyl (C=O) groups excluding carboxylic acids is 1. The molecule has 2 aromatic carbocycles. The van der Waals surface area contributed by atoms with Crippen LogP contribution in [0.5, 0.6) is 11.5 Å². The fraction of sp³-hybridized carbons (Fsp3) is 0.348. The van der Waals surface area contributed by atoms with Crippen molar-refractivity contribution in [2.24, 2.45) is 0 Å². The lowest BCUT2D eigenvalue weighted by molar-refractivity contribution is -0.917. The summed E-state index contributed by atoms with van der Waals surface area (Å²) in [7, 11) is 1.60. The van der Waals surface area contributed by atoms with Gasteiger partial charge in [0.2, 0.25) is 5.91 Å². The number of methoxy groups -OCH3 is 1. The quantitative estimate of drug-likeness (QED) is 0.726. The first-order chi connectivity index (χ1) is 14.1. The first-order valence-electron chi connectivity index (χ1n) is 9.95. The van der Waals surface area contributed by atoms with Crippen LogP contribution in [0, 0.1) is 5.82 Å². The van der Waals surface area contributed by atoms with Gasteiger partial charge in [-0.15, -0.1) is 0 Å². The van der Waals surface area contributed by atoms with Crippen LogP contribution in [0.2, 0.25) is 0 Å². The number of hydrogen-bond donors (Lipinski definition) is 1. The molecular formula is C23H28FN2O3+. The zero-order valence-electron chi connectivity index (χ0n) is 17.0. The van der Waals surface area contributed by atoms with Crippen molar-refractivity contribution in [2.45, 2.75) is 13.5 Å². The van der Waals surface area contributed by atoms with Crippen LogP contribution in [-0.4, -0.2) is 50.7 Å². The highest BCUT2D eigenvalue weighted by molar-refractivity contribution is 5.92. The van der Waals surface area contributed by atoms with Gasteiger partial charge in [0.05, 0.1) is 45.5 Å². The Kier molecular flexibility index (Phi) is 7.25. The molecule has 2 aromatic rings. The normalized spacial score (nSPS) is 14.9. The standard InChI is InChI=1S/C23H27FN2O3/c1-3-29-22-7-5-4-6-18(22)8-11-23(27)26-14-12-25(13-15-26)17-19-16-20(24)9-10-21(19)28-2/h4-11,16H,3,12-15,17H2,1-2H3/p+1/b11-8+. The molecule has 0 aliphatic carbocycles. The summed E-state index contributed by atoms with van der Waals surface area (Å²) in [6.45, 7) is 6.17. The van der Waals surface area contributed by atoms with Crippen molar-refractivity contribution in [1.82, 2.24) is 4.90 Å². The summed E-state index contributed by atoms with van der Waals surface area (Å²) in [5, 5.41) is 0. The Bertz CT molecular complexity index is 861. The van der Waals surface area contributed by atoms with Gasteiger partial charge in [-0.2, -0.15) is 0 Å². The predicted octanol–water partition coefficient (Wildman–Crippen LogP) is 2.17. The zero-order chi connectivity index (χ0) is 20.6. The molecule has 0 spiro atoms. The van der Waals surface area contributed by atoms with E-state index in [4.69, 9.17) is 9.47 Å². The van der Waals surface area contributed by atoms with Crippen LogP contribution in [0.4, 0.5) is 4.39 Å². The molecular weight excluding hydrogens is 371 g/mol. The number of quaternary nitrogens is 1. The van der Waals surface area contributed by atoms with Crippen molar-refractivity contribution >= 4 is 12.0 Å². The van der Waals surface area contributed by atoms with Gasteiger partial charge in [0.15, 0.2) is 0 Å². The Morgan fingerprint density at radius 1 is 1.17 bits per heavy atom. The fourth-order valence-electron chi connectivity index (χ4n) is 3.55. The van der Waals surface area contributed by atoms with Crippen LogP contribution < -0.4 is 14.4 Å². The van der Waals surface area contributed by atoms with Crippen molar-refractivity contribution in [2.75, 3.05) is 39.9 Å². The van der Waals surface area contributed by atoms with E-state index in [-0.39, 0.29) is 11.7 Å². The molecule has 1 amide bonds. The van der Waals surface area contributed by atoms with E-state index >= 15 is 0 Å². The fourth-order valence-corrected chi connectivity index (χ4v) is 3.55. The minimum Gasteiger partial charge on any atom is -0.496 e. The number of carbonyl (C=O) groups is 1. The second kappa shape index (κ2) is 10.1. The molecule has 154 valence electrons. The van der Waals surface area contributed by atoms with Crippen molar-refractivity contribution in [1.29, 1.82) is 0 Å². The first-order valence-corrected chi connectivity index (χ1v) is 9.95. The SMILES string of the molecule is CCOc1ccccc1/C=C/C(=O)N1CC[NH+](Cc2cc(F)ccc2OC)CC1. The number of rotatable bonds is 7. The highest BCUT2D eigenvalue weighted by Gasteiger charge is 2.23. The summed E-state index contributed by atoms with van der Waals surface area (Å²) in [4.78, 5) is 15.7. The number of benzene rings is 2. The number of halogens is 1. The summed E-state index contributed by atoms with van der Waals surface area (Å²) in [5.74, 6) is 1.22. The van der Waals surface area contributed by atoms with E-state index in [1.54, 1.807) is 19.3 Å². The lowest BCUT2D eigenvalue weighted by Gasteiger charge is -2.32. The third-order valence-electron chi connectivity index (χ3n) is 5.09. The maximum Gasteiger partial charge on any atom is 0.246 e. The molecule has 1 saturated heterocycles. The van der Waals surface area contributed by atoms with Gasteiger partial charge in [-0.1, -0.05) is 18.2 Å². The van der Waals surface area contributed by atoms with Crippen LogP contribution in [-0.2, 0) is 11.3 Å². The van der Waals surface area contributed by atoms with Crippen LogP contribution in [0.1, 0.15) is 18.1 Å². The molecule has 1 N–H and O–H groups in total. The van der Waals surface area contributed by atoms with Gasteiger partial charge in [-0.25, -0.2) is 4.39 Å². The third kappa shape index (κ3) is 5.57. The number of hydrogen-bond acceptors (Lipinski definition) is 3. The summed E-state index contributed by atoms with van der Waals surface area (Å²) < 4.78 is 24.5. The van der Waals surface area contributed by atoms with Gasteiger partial charge in [-0.3, -0.25) is 4.79 Å². The molecule has 0 unspecified atom stereocenters. The van der Waals surface area contributed by atoms with E-state index in [0.717, 1.165) is 30.0 Å².